The molecule has 1 fully saturated rings. The molecule has 8 nitrogen and oxygen atoms in total. The maximum atomic E-state index is 12.0. The zero-order valence-corrected chi connectivity index (χ0v) is 22.0. The molecule has 1 unspecified atom stereocenters. The second-order valence-corrected chi connectivity index (χ2v) is 8.76. The third kappa shape index (κ3) is 9.07. The molecule has 3 rings (SSSR count). The zero-order valence-electron chi connectivity index (χ0n) is 19.7. The van der Waals surface area contributed by atoms with Crippen molar-refractivity contribution in [3.05, 3.63) is 59.8 Å². The first-order valence-electron chi connectivity index (χ1n) is 10.9. The highest BCUT2D eigenvalue weighted by atomic mass is 127. The SMILES string of the molecule is CN=C(NCc1ccnc(OCc2ccccc2)c1)N1CCC(NC(=O)OC(C)(C)C)C1.I. The van der Waals surface area contributed by atoms with Crippen LogP contribution in [0.15, 0.2) is 53.7 Å². The monoisotopic (exact) mass is 567 g/mol. The van der Waals surface area contributed by atoms with Crippen molar-refractivity contribution in [3.8, 4) is 5.88 Å². The minimum Gasteiger partial charge on any atom is -0.473 e. The Morgan fingerprint density at radius 3 is 2.67 bits per heavy atom. The summed E-state index contributed by atoms with van der Waals surface area (Å²) in [6.07, 6.45) is 2.20. The fourth-order valence-electron chi connectivity index (χ4n) is 3.43. The Labute approximate surface area is 213 Å². The number of benzene rings is 1. The van der Waals surface area contributed by atoms with Crippen molar-refractivity contribution in [3.63, 3.8) is 0 Å². The number of guanidine groups is 1. The van der Waals surface area contributed by atoms with Crippen LogP contribution in [0.1, 0.15) is 38.3 Å². The lowest BCUT2D eigenvalue weighted by Gasteiger charge is -2.23. The van der Waals surface area contributed by atoms with Gasteiger partial charge in [-0.3, -0.25) is 4.99 Å². The highest BCUT2D eigenvalue weighted by Gasteiger charge is 2.27. The van der Waals surface area contributed by atoms with Crippen LogP contribution < -0.4 is 15.4 Å². The molecule has 1 saturated heterocycles. The smallest absolute Gasteiger partial charge is 0.407 e. The van der Waals surface area contributed by atoms with Gasteiger partial charge in [-0.1, -0.05) is 30.3 Å². The second kappa shape index (κ2) is 12.6. The Hall–Kier alpha value is -2.56. The number of nitrogens with zero attached hydrogens (tertiary/aromatic N) is 3. The van der Waals surface area contributed by atoms with E-state index in [-0.39, 0.29) is 36.1 Å². The number of pyridine rings is 1. The number of carbonyl (C=O) groups is 1. The van der Waals surface area contributed by atoms with E-state index in [0.29, 0.717) is 25.6 Å². The van der Waals surface area contributed by atoms with Crippen LogP contribution in [0.2, 0.25) is 0 Å². The van der Waals surface area contributed by atoms with E-state index in [1.807, 2.05) is 63.2 Å². The minimum atomic E-state index is -0.506. The van der Waals surface area contributed by atoms with E-state index in [0.717, 1.165) is 30.1 Å². The van der Waals surface area contributed by atoms with Crippen molar-refractivity contribution >= 4 is 36.0 Å². The second-order valence-electron chi connectivity index (χ2n) is 8.76. The van der Waals surface area contributed by atoms with Gasteiger partial charge in [0.15, 0.2) is 5.96 Å². The van der Waals surface area contributed by atoms with E-state index in [4.69, 9.17) is 9.47 Å². The van der Waals surface area contributed by atoms with Crippen molar-refractivity contribution in [1.29, 1.82) is 0 Å². The molecule has 33 heavy (non-hydrogen) atoms. The van der Waals surface area contributed by atoms with Crippen LogP contribution in [-0.4, -0.2) is 53.7 Å². The molecule has 0 spiro atoms. The van der Waals surface area contributed by atoms with Crippen LogP contribution in [-0.2, 0) is 17.9 Å². The molecule has 2 heterocycles. The van der Waals surface area contributed by atoms with Crippen LogP contribution >= 0.6 is 24.0 Å². The van der Waals surface area contributed by atoms with E-state index in [2.05, 4.69) is 25.5 Å². The van der Waals surface area contributed by atoms with Crippen molar-refractivity contribution in [2.24, 2.45) is 4.99 Å². The number of carbonyl (C=O) groups excluding carboxylic acids is 1. The van der Waals surface area contributed by atoms with Crippen LogP contribution in [0.4, 0.5) is 4.79 Å². The number of rotatable bonds is 6. The van der Waals surface area contributed by atoms with Gasteiger partial charge >= 0.3 is 6.09 Å². The molecule has 180 valence electrons. The number of aliphatic imine (C=N–C) groups is 1. The van der Waals surface area contributed by atoms with Crippen molar-refractivity contribution in [2.45, 2.75) is 52.0 Å². The third-order valence-corrected chi connectivity index (χ3v) is 4.90. The molecule has 2 aromatic rings. The van der Waals surface area contributed by atoms with E-state index < -0.39 is 5.60 Å². The highest BCUT2D eigenvalue weighted by molar-refractivity contribution is 14.0. The average molecular weight is 567 g/mol. The number of aromatic nitrogens is 1. The van der Waals surface area contributed by atoms with Gasteiger partial charge in [0, 0.05) is 38.9 Å². The summed E-state index contributed by atoms with van der Waals surface area (Å²) in [5.41, 5.74) is 1.64. The van der Waals surface area contributed by atoms with Gasteiger partial charge < -0.3 is 25.0 Å². The summed E-state index contributed by atoms with van der Waals surface area (Å²) in [4.78, 5) is 22.9. The number of hydrogen-bond acceptors (Lipinski definition) is 5. The van der Waals surface area contributed by atoms with Gasteiger partial charge in [-0.05, 0) is 44.4 Å². The summed E-state index contributed by atoms with van der Waals surface area (Å²) in [6.45, 7) is 8.13. The summed E-state index contributed by atoms with van der Waals surface area (Å²) in [5.74, 6) is 1.38. The Balaban J connectivity index is 0.00000385. The molecule has 1 amide bonds. The lowest BCUT2D eigenvalue weighted by Crippen LogP contribution is -2.44. The summed E-state index contributed by atoms with van der Waals surface area (Å²) in [5, 5.41) is 6.33. The first kappa shape index (κ1) is 26.7. The number of likely N-dealkylation sites (tertiary alicyclic amines) is 1. The molecule has 0 bridgehead atoms. The highest BCUT2D eigenvalue weighted by Crippen LogP contribution is 2.14. The fraction of sp³-hybridized carbons (Fsp3) is 0.458. The maximum absolute atomic E-state index is 12.0. The van der Waals surface area contributed by atoms with E-state index in [9.17, 15) is 4.79 Å². The summed E-state index contributed by atoms with van der Waals surface area (Å²) in [7, 11) is 1.76. The molecule has 9 heteroatoms. The Kier molecular flexibility index (Phi) is 10.2. The molecule has 0 saturated carbocycles. The van der Waals surface area contributed by atoms with E-state index >= 15 is 0 Å². The average Bonchev–Trinajstić information content (AvgIpc) is 3.20. The number of nitrogens with one attached hydrogen (secondary N) is 2. The van der Waals surface area contributed by atoms with E-state index in [1.54, 1.807) is 13.2 Å². The topological polar surface area (TPSA) is 88.1 Å². The van der Waals surface area contributed by atoms with Gasteiger partial charge in [-0.25, -0.2) is 9.78 Å². The first-order valence-corrected chi connectivity index (χ1v) is 10.9. The van der Waals surface area contributed by atoms with Crippen molar-refractivity contribution in [2.75, 3.05) is 20.1 Å². The maximum Gasteiger partial charge on any atom is 0.407 e. The molecular formula is C24H34IN5O3. The lowest BCUT2D eigenvalue weighted by atomic mass is 10.2. The summed E-state index contributed by atoms with van der Waals surface area (Å²) < 4.78 is 11.2. The van der Waals surface area contributed by atoms with Crippen molar-refractivity contribution in [1.82, 2.24) is 20.5 Å². The zero-order chi connectivity index (χ0) is 23.0. The van der Waals surface area contributed by atoms with Crippen LogP contribution in [0.3, 0.4) is 0 Å². The van der Waals surface area contributed by atoms with Gasteiger partial charge in [0.05, 0.1) is 6.04 Å². The number of amides is 1. The van der Waals surface area contributed by atoms with Crippen LogP contribution in [0, 0.1) is 0 Å². The summed E-state index contributed by atoms with van der Waals surface area (Å²) in [6, 6.07) is 13.9. The Morgan fingerprint density at radius 2 is 1.97 bits per heavy atom. The Morgan fingerprint density at radius 1 is 1.21 bits per heavy atom. The quantitative estimate of drug-likeness (QED) is 0.312. The molecular weight excluding hydrogens is 533 g/mol. The normalized spacial score (nSPS) is 16.1. The van der Waals surface area contributed by atoms with Gasteiger partial charge in [-0.15, -0.1) is 24.0 Å². The molecule has 1 aliphatic heterocycles. The number of alkyl carbamates (subject to hydrolysis) is 1. The fourth-order valence-corrected chi connectivity index (χ4v) is 3.43. The Bertz CT molecular complexity index is 918. The molecule has 2 N–H and O–H groups in total. The van der Waals surface area contributed by atoms with Gasteiger partial charge in [0.1, 0.15) is 12.2 Å². The van der Waals surface area contributed by atoms with Crippen molar-refractivity contribution < 1.29 is 14.3 Å². The molecule has 1 aliphatic rings. The predicted octanol–water partition coefficient (Wildman–Crippen LogP) is 3.95. The van der Waals surface area contributed by atoms with Gasteiger partial charge in [0.2, 0.25) is 5.88 Å². The third-order valence-electron chi connectivity index (χ3n) is 4.90. The molecule has 0 radical (unpaired) electrons. The largest absolute Gasteiger partial charge is 0.473 e. The van der Waals surface area contributed by atoms with Gasteiger partial charge in [-0.2, -0.15) is 0 Å². The molecule has 0 aliphatic carbocycles. The van der Waals surface area contributed by atoms with Gasteiger partial charge in [0.25, 0.3) is 0 Å². The van der Waals surface area contributed by atoms with Crippen LogP contribution in [0.25, 0.3) is 0 Å². The van der Waals surface area contributed by atoms with Crippen LogP contribution in [0.5, 0.6) is 5.88 Å². The molecule has 1 aromatic heterocycles. The number of ether oxygens (including phenoxy) is 2. The standard InChI is InChI=1S/C24H33N5O3.HI/c1-24(2,3)32-23(30)28-20-11-13-29(16-20)22(25-4)27-15-19-10-12-26-21(14-19)31-17-18-8-6-5-7-9-18;/h5-10,12,14,20H,11,13,15-17H2,1-4H3,(H,25,27)(H,28,30);1H. The number of halogens is 1. The van der Waals surface area contributed by atoms with E-state index in [1.165, 1.54) is 0 Å². The molecule has 1 atom stereocenters. The number of hydrogen-bond donors (Lipinski definition) is 2. The molecule has 1 aromatic carbocycles. The minimum absolute atomic E-state index is 0. The first-order chi connectivity index (χ1) is 15.3. The lowest BCUT2D eigenvalue weighted by molar-refractivity contribution is 0.0507. The predicted molar refractivity (Wildman–Crippen MR) is 140 cm³/mol. The summed E-state index contributed by atoms with van der Waals surface area (Å²) >= 11 is 0.